The standard InChI is InChI=1S/C14H18BClFNO3/c1-13(2)14(3,4)21-15(20-13)10(8-19)5-9-6-11(17)12(16)18-7-9/h5-7,19H,8H2,1-4H3. The molecule has 0 radical (unpaired) electrons. The lowest BCUT2D eigenvalue weighted by Gasteiger charge is -2.32. The van der Waals surface area contributed by atoms with Gasteiger partial charge in [0.15, 0.2) is 11.0 Å². The fourth-order valence-corrected chi connectivity index (χ4v) is 2.02. The van der Waals surface area contributed by atoms with E-state index in [2.05, 4.69) is 4.98 Å². The highest BCUT2D eigenvalue weighted by Gasteiger charge is 2.52. The number of aliphatic hydroxyl groups excluding tert-OH is 1. The van der Waals surface area contributed by atoms with Gasteiger partial charge < -0.3 is 14.4 Å². The van der Waals surface area contributed by atoms with E-state index in [1.807, 2.05) is 27.7 Å². The normalized spacial score (nSPS) is 20.9. The van der Waals surface area contributed by atoms with Crippen LogP contribution in [-0.2, 0) is 9.31 Å². The number of halogens is 2. The lowest BCUT2D eigenvalue weighted by molar-refractivity contribution is 0.00578. The van der Waals surface area contributed by atoms with Gasteiger partial charge in [-0.15, -0.1) is 0 Å². The van der Waals surface area contributed by atoms with Crippen LogP contribution in [0.2, 0.25) is 5.15 Å². The van der Waals surface area contributed by atoms with Crippen molar-refractivity contribution in [2.45, 2.75) is 38.9 Å². The van der Waals surface area contributed by atoms with Crippen molar-refractivity contribution in [2.24, 2.45) is 0 Å². The first kappa shape index (κ1) is 16.4. The number of hydrogen-bond donors (Lipinski definition) is 1. The average molecular weight is 314 g/mol. The van der Waals surface area contributed by atoms with Crippen LogP contribution in [0.1, 0.15) is 33.3 Å². The quantitative estimate of drug-likeness (QED) is 0.688. The molecule has 0 saturated carbocycles. The fraction of sp³-hybridized carbons (Fsp3) is 0.500. The summed E-state index contributed by atoms with van der Waals surface area (Å²) >= 11 is 5.55. The first-order chi connectivity index (χ1) is 9.66. The Kier molecular flexibility index (Phi) is 4.45. The van der Waals surface area contributed by atoms with Gasteiger partial charge in [-0.1, -0.05) is 17.7 Å². The molecule has 1 saturated heterocycles. The smallest absolute Gasteiger partial charge is 0.400 e. The summed E-state index contributed by atoms with van der Waals surface area (Å²) in [6.45, 7) is 7.43. The molecule has 0 bridgehead atoms. The SMILES string of the molecule is CC1(C)OB(C(=Cc2cnc(Cl)c(F)c2)CO)OC1(C)C. The van der Waals surface area contributed by atoms with Crippen LogP contribution in [0.4, 0.5) is 4.39 Å². The van der Waals surface area contributed by atoms with E-state index >= 15 is 0 Å². The molecule has 0 aromatic carbocycles. The minimum Gasteiger partial charge on any atom is -0.400 e. The van der Waals surface area contributed by atoms with Crippen LogP contribution in [0, 0.1) is 5.82 Å². The van der Waals surface area contributed by atoms with Gasteiger partial charge >= 0.3 is 7.12 Å². The zero-order valence-electron chi connectivity index (χ0n) is 12.5. The molecule has 1 aromatic heterocycles. The van der Waals surface area contributed by atoms with Crippen LogP contribution in [0.25, 0.3) is 6.08 Å². The Bertz CT molecular complexity index is 561. The maximum absolute atomic E-state index is 13.4. The Balaban J connectivity index is 2.28. The zero-order chi connectivity index (χ0) is 15.8. The number of hydrogen-bond acceptors (Lipinski definition) is 4. The third-order valence-electron chi connectivity index (χ3n) is 3.91. The molecular weight excluding hydrogens is 295 g/mol. The van der Waals surface area contributed by atoms with E-state index < -0.39 is 24.1 Å². The highest BCUT2D eigenvalue weighted by molar-refractivity contribution is 6.55. The molecule has 1 fully saturated rings. The molecule has 2 rings (SSSR count). The van der Waals surface area contributed by atoms with E-state index in [-0.39, 0.29) is 11.8 Å². The number of rotatable bonds is 3. The second-order valence-electron chi connectivity index (χ2n) is 6.01. The Morgan fingerprint density at radius 1 is 1.38 bits per heavy atom. The molecule has 4 nitrogen and oxygen atoms in total. The topological polar surface area (TPSA) is 51.6 Å². The van der Waals surface area contributed by atoms with Crippen molar-refractivity contribution in [2.75, 3.05) is 6.61 Å². The molecule has 114 valence electrons. The second-order valence-corrected chi connectivity index (χ2v) is 6.36. The predicted octanol–water partition coefficient (Wildman–Crippen LogP) is 2.88. The van der Waals surface area contributed by atoms with Gasteiger partial charge in [-0.25, -0.2) is 9.37 Å². The third-order valence-corrected chi connectivity index (χ3v) is 4.19. The van der Waals surface area contributed by atoms with Crippen molar-refractivity contribution in [3.05, 3.63) is 34.3 Å². The van der Waals surface area contributed by atoms with Crippen LogP contribution in [0.15, 0.2) is 17.7 Å². The third kappa shape index (κ3) is 3.29. The molecule has 0 unspecified atom stereocenters. The summed E-state index contributed by atoms with van der Waals surface area (Å²) in [5.41, 5.74) is -0.0296. The first-order valence-corrected chi connectivity index (χ1v) is 7.02. The maximum atomic E-state index is 13.4. The molecule has 2 heterocycles. The molecule has 7 heteroatoms. The summed E-state index contributed by atoms with van der Waals surface area (Å²) < 4.78 is 25.1. The molecule has 1 aliphatic heterocycles. The van der Waals surface area contributed by atoms with Gasteiger partial charge in [-0.2, -0.15) is 0 Å². The van der Waals surface area contributed by atoms with E-state index in [0.717, 1.165) is 0 Å². The minimum absolute atomic E-state index is 0.187. The van der Waals surface area contributed by atoms with E-state index in [0.29, 0.717) is 11.0 Å². The molecule has 0 amide bonds. The van der Waals surface area contributed by atoms with Crippen molar-refractivity contribution in [1.82, 2.24) is 4.98 Å². The molecule has 0 spiro atoms. The summed E-state index contributed by atoms with van der Waals surface area (Å²) in [4.78, 5) is 3.73. The Hall–Kier alpha value is -0.945. The largest absolute Gasteiger partial charge is 0.492 e. The molecule has 1 aliphatic rings. The monoisotopic (exact) mass is 313 g/mol. The second kappa shape index (κ2) is 5.68. The van der Waals surface area contributed by atoms with Gasteiger partial charge in [0.1, 0.15) is 0 Å². The minimum atomic E-state index is -0.682. The summed E-state index contributed by atoms with van der Waals surface area (Å²) in [6, 6.07) is 1.25. The number of aliphatic hydroxyl groups is 1. The Labute approximate surface area is 129 Å². The van der Waals surface area contributed by atoms with E-state index in [1.54, 1.807) is 6.08 Å². The predicted molar refractivity (Wildman–Crippen MR) is 80.3 cm³/mol. The zero-order valence-corrected chi connectivity index (χ0v) is 13.2. The molecule has 1 N–H and O–H groups in total. The average Bonchev–Trinajstić information content (AvgIpc) is 2.59. The lowest BCUT2D eigenvalue weighted by atomic mass is 9.77. The van der Waals surface area contributed by atoms with Gasteiger partial charge in [0.25, 0.3) is 0 Å². The van der Waals surface area contributed by atoms with Crippen LogP contribution in [-0.4, -0.2) is 35.0 Å². The van der Waals surface area contributed by atoms with Gasteiger partial charge in [-0.05, 0) is 44.8 Å². The van der Waals surface area contributed by atoms with E-state index in [4.69, 9.17) is 20.9 Å². The first-order valence-electron chi connectivity index (χ1n) is 6.64. The summed E-state index contributed by atoms with van der Waals surface area (Å²) in [5, 5.41) is 9.36. The van der Waals surface area contributed by atoms with E-state index in [9.17, 15) is 9.50 Å². The van der Waals surface area contributed by atoms with Crippen molar-refractivity contribution >= 4 is 24.8 Å². The molecule has 21 heavy (non-hydrogen) atoms. The van der Waals surface area contributed by atoms with Crippen LogP contribution < -0.4 is 0 Å². The van der Waals surface area contributed by atoms with Crippen molar-refractivity contribution in [3.8, 4) is 0 Å². The molecule has 0 aliphatic carbocycles. The van der Waals surface area contributed by atoms with Crippen molar-refractivity contribution in [3.63, 3.8) is 0 Å². The van der Waals surface area contributed by atoms with Crippen LogP contribution >= 0.6 is 11.6 Å². The fourth-order valence-electron chi connectivity index (χ4n) is 1.91. The van der Waals surface area contributed by atoms with Crippen molar-refractivity contribution < 1.29 is 18.8 Å². The molecule has 0 atom stereocenters. The highest BCUT2D eigenvalue weighted by Crippen LogP contribution is 2.38. The molecule has 1 aromatic rings. The summed E-state index contributed by atoms with van der Waals surface area (Å²) in [5.74, 6) is -0.614. The Morgan fingerprint density at radius 2 is 1.95 bits per heavy atom. The number of nitrogens with zero attached hydrogens (tertiary/aromatic N) is 1. The maximum Gasteiger partial charge on any atom is 0.492 e. The van der Waals surface area contributed by atoms with Crippen LogP contribution in [0.5, 0.6) is 0 Å². The lowest BCUT2D eigenvalue weighted by Crippen LogP contribution is -2.41. The number of aromatic nitrogens is 1. The Morgan fingerprint density at radius 3 is 2.43 bits per heavy atom. The highest BCUT2D eigenvalue weighted by atomic mass is 35.5. The van der Waals surface area contributed by atoms with Crippen LogP contribution in [0.3, 0.4) is 0 Å². The van der Waals surface area contributed by atoms with Gasteiger partial charge in [0.2, 0.25) is 0 Å². The number of pyridine rings is 1. The van der Waals surface area contributed by atoms with Gasteiger partial charge in [0.05, 0.1) is 17.8 Å². The van der Waals surface area contributed by atoms with Crippen molar-refractivity contribution in [1.29, 1.82) is 0 Å². The van der Waals surface area contributed by atoms with Gasteiger partial charge in [-0.3, -0.25) is 0 Å². The molecular formula is C14H18BClFNO3. The summed E-state index contributed by atoms with van der Waals surface area (Å²) in [7, 11) is -0.682. The summed E-state index contributed by atoms with van der Waals surface area (Å²) in [6.07, 6.45) is 3.01. The van der Waals surface area contributed by atoms with E-state index in [1.165, 1.54) is 12.3 Å². The van der Waals surface area contributed by atoms with Gasteiger partial charge in [0, 0.05) is 6.20 Å².